The molecular formula is C11H13NO2. The van der Waals surface area contributed by atoms with Gasteiger partial charge in [-0.1, -0.05) is 24.3 Å². The molecule has 0 saturated heterocycles. The molecule has 1 aromatic carbocycles. The third kappa shape index (κ3) is 1.77. The van der Waals surface area contributed by atoms with E-state index < -0.39 is 12.0 Å². The first-order chi connectivity index (χ1) is 6.77. The quantitative estimate of drug-likeness (QED) is 0.691. The van der Waals surface area contributed by atoms with E-state index in [2.05, 4.69) is 11.4 Å². The summed E-state index contributed by atoms with van der Waals surface area (Å²) in [6.07, 6.45) is 1.51. The summed E-state index contributed by atoms with van der Waals surface area (Å²) in [5.41, 5.74) is 2.42. The Hall–Kier alpha value is -1.35. The van der Waals surface area contributed by atoms with E-state index in [4.69, 9.17) is 5.11 Å². The van der Waals surface area contributed by atoms with Crippen LogP contribution in [0.3, 0.4) is 0 Å². The smallest absolute Gasteiger partial charge is 0.321 e. The van der Waals surface area contributed by atoms with E-state index in [1.807, 2.05) is 18.2 Å². The van der Waals surface area contributed by atoms with Crippen LogP contribution in [0.25, 0.3) is 0 Å². The Morgan fingerprint density at radius 2 is 2.07 bits per heavy atom. The summed E-state index contributed by atoms with van der Waals surface area (Å²) in [6.45, 7) is 0.744. The molecule has 1 heterocycles. The van der Waals surface area contributed by atoms with Crippen LogP contribution < -0.4 is 5.32 Å². The van der Waals surface area contributed by atoms with E-state index in [-0.39, 0.29) is 0 Å². The Kier molecular flexibility index (Phi) is 2.50. The van der Waals surface area contributed by atoms with Crippen LogP contribution in [0.4, 0.5) is 0 Å². The Balaban J connectivity index is 2.26. The van der Waals surface area contributed by atoms with Crippen LogP contribution in [0.1, 0.15) is 11.1 Å². The summed E-state index contributed by atoms with van der Waals surface area (Å²) in [6, 6.07) is 7.61. The van der Waals surface area contributed by atoms with Crippen molar-refractivity contribution in [1.29, 1.82) is 0 Å². The van der Waals surface area contributed by atoms with Gasteiger partial charge in [0.05, 0.1) is 0 Å². The van der Waals surface area contributed by atoms with Gasteiger partial charge in [-0.2, -0.15) is 0 Å². The highest BCUT2D eigenvalue weighted by molar-refractivity contribution is 5.74. The van der Waals surface area contributed by atoms with Crippen LogP contribution in [-0.4, -0.2) is 23.7 Å². The minimum Gasteiger partial charge on any atom is -0.480 e. The van der Waals surface area contributed by atoms with Crippen LogP contribution in [-0.2, 0) is 17.6 Å². The predicted molar refractivity (Wildman–Crippen MR) is 53.3 cm³/mol. The summed E-state index contributed by atoms with van der Waals surface area (Å²) in [4.78, 5) is 10.9. The Morgan fingerprint density at radius 1 is 1.36 bits per heavy atom. The zero-order valence-corrected chi connectivity index (χ0v) is 7.86. The van der Waals surface area contributed by atoms with Gasteiger partial charge in [-0.25, -0.2) is 0 Å². The average Bonchev–Trinajstić information content (AvgIpc) is 2.39. The van der Waals surface area contributed by atoms with Gasteiger partial charge in [0, 0.05) is 0 Å². The molecule has 14 heavy (non-hydrogen) atoms. The van der Waals surface area contributed by atoms with Crippen molar-refractivity contribution in [2.45, 2.75) is 18.9 Å². The van der Waals surface area contributed by atoms with E-state index in [0.29, 0.717) is 6.42 Å². The second-order valence-electron chi connectivity index (χ2n) is 3.57. The van der Waals surface area contributed by atoms with E-state index >= 15 is 0 Å². The number of benzene rings is 1. The molecule has 2 N–H and O–H groups in total. The summed E-state index contributed by atoms with van der Waals surface area (Å²) in [5, 5.41) is 12.0. The number of aliphatic carboxylic acids is 1. The monoisotopic (exact) mass is 191 g/mol. The Labute approximate surface area is 82.8 Å². The third-order valence-electron chi connectivity index (χ3n) is 2.63. The van der Waals surface area contributed by atoms with Crippen molar-refractivity contribution >= 4 is 5.97 Å². The molecule has 0 unspecified atom stereocenters. The van der Waals surface area contributed by atoms with Crippen LogP contribution in [0.5, 0.6) is 0 Å². The van der Waals surface area contributed by atoms with Gasteiger partial charge in [0.25, 0.3) is 0 Å². The lowest BCUT2D eigenvalue weighted by atomic mass is 10.0. The minimum atomic E-state index is -0.762. The van der Waals surface area contributed by atoms with E-state index in [1.165, 1.54) is 5.56 Å². The van der Waals surface area contributed by atoms with E-state index in [1.54, 1.807) is 0 Å². The average molecular weight is 191 g/mol. The fourth-order valence-corrected chi connectivity index (χ4v) is 1.85. The van der Waals surface area contributed by atoms with Gasteiger partial charge < -0.3 is 10.4 Å². The molecular weight excluding hydrogens is 178 g/mol. The SMILES string of the molecule is O=C(O)[C@H]1Cc2ccccc2CCN1. The molecule has 0 saturated carbocycles. The molecule has 1 aromatic rings. The lowest BCUT2D eigenvalue weighted by Gasteiger charge is -2.10. The van der Waals surface area contributed by atoms with Crippen molar-refractivity contribution in [3.63, 3.8) is 0 Å². The van der Waals surface area contributed by atoms with Crippen molar-refractivity contribution in [1.82, 2.24) is 5.32 Å². The van der Waals surface area contributed by atoms with Gasteiger partial charge in [-0.3, -0.25) is 4.79 Å². The number of carbonyl (C=O) groups is 1. The molecule has 1 atom stereocenters. The molecule has 2 rings (SSSR count). The maximum atomic E-state index is 10.9. The molecule has 1 aliphatic heterocycles. The first kappa shape index (κ1) is 9.21. The molecule has 0 radical (unpaired) electrons. The van der Waals surface area contributed by atoms with Crippen LogP contribution >= 0.6 is 0 Å². The molecule has 0 amide bonds. The first-order valence-corrected chi connectivity index (χ1v) is 4.80. The predicted octanol–water partition coefficient (Wildman–Crippen LogP) is 0.828. The van der Waals surface area contributed by atoms with Crippen molar-refractivity contribution in [3.05, 3.63) is 35.4 Å². The summed E-state index contributed by atoms with van der Waals surface area (Å²) in [5.74, 6) is -0.762. The summed E-state index contributed by atoms with van der Waals surface area (Å²) < 4.78 is 0. The fraction of sp³-hybridized carbons (Fsp3) is 0.364. The molecule has 74 valence electrons. The minimum absolute atomic E-state index is 0.432. The zero-order valence-electron chi connectivity index (χ0n) is 7.86. The fourth-order valence-electron chi connectivity index (χ4n) is 1.85. The van der Waals surface area contributed by atoms with Gasteiger partial charge >= 0.3 is 5.97 Å². The molecule has 0 aromatic heterocycles. The van der Waals surface area contributed by atoms with Gasteiger partial charge in [0.2, 0.25) is 0 Å². The Bertz CT molecular complexity index is 349. The van der Waals surface area contributed by atoms with Crippen LogP contribution in [0.2, 0.25) is 0 Å². The van der Waals surface area contributed by atoms with Gasteiger partial charge in [-0.05, 0) is 30.5 Å². The highest BCUT2D eigenvalue weighted by Gasteiger charge is 2.20. The zero-order chi connectivity index (χ0) is 9.97. The maximum absolute atomic E-state index is 10.9. The summed E-state index contributed by atoms with van der Waals surface area (Å²) in [7, 11) is 0. The van der Waals surface area contributed by atoms with Crippen molar-refractivity contribution < 1.29 is 9.90 Å². The van der Waals surface area contributed by atoms with Crippen LogP contribution in [0.15, 0.2) is 24.3 Å². The first-order valence-electron chi connectivity index (χ1n) is 4.80. The number of carboxylic acids is 1. The van der Waals surface area contributed by atoms with E-state index in [9.17, 15) is 4.79 Å². The van der Waals surface area contributed by atoms with Gasteiger partial charge in [-0.15, -0.1) is 0 Å². The van der Waals surface area contributed by atoms with Gasteiger partial charge in [0.15, 0.2) is 0 Å². The van der Waals surface area contributed by atoms with Crippen molar-refractivity contribution in [2.24, 2.45) is 0 Å². The standard InChI is InChI=1S/C11H13NO2/c13-11(14)10-7-9-4-2-1-3-8(9)5-6-12-10/h1-4,10,12H,5-7H2,(H,13,14)/t10-/m1/s1. The number of rotatable bonds is 1. The molecule has 0 fully saturated rings. The lowest BCUT2D eigenvalue weighted by molar-refractivity contribution is -0.139. The third-order valence-corrected chi connectivity index (χ3v) is 2.63. The highest BCUT2D eigenvalue weighted by atomic mass is 16.4. The Morgan fingerprint density at radius 3 is 2.79 bits per heavy atom. The molecule has 0 aliphatic carbocycles. The van der Waals surface area contributed by atoms with Gasteiger partial charge in [0.1, 0.15) is 6.04 Å². The normalized spacial score (nSPS) is 21.0. The molecule has 0 bridgehead atoms. The van der Waals surface area contributed by atoms with Crippen molar-refractivity contribution in [2.75, 3.05) is 6.54 Å². The number of fused-ring (bicyclic) bond motifs is 1. The van der Waals surface area contributed by atoms with Crippen LogP contribution in [0, 0.1) is 0 Å². The molecule has 3 nitrogen and oxygen atoms in total. The van der Waals surface area contributed by atoms with Crippen molar-refractivity contribution in [3.8, 4) is 0 Å². The second kappa shape index (κ2) is 3.80. The summed E-state index contributed by atoms with van der Waals surface area (Å²) >= 11 is 0. The molecule has 3 heteroatoms. The second-order valence-corrected chi connectivity index (χ2v) is 3.57. The number of carboxylic acid groups (broad SMARTS) is 1. The largest absolute Gasteiger partial charge is 0.480 e. The molecule has 0 spiro atoms. The topological polar surface area (TPSA) is 49.3 Å². The number of hydrogen-bond donors (Lipinski definition) is 2. The maximum Gasteiger partial charge on any atom is 0.321 e. The lowest BCUT2D eigenvalue weighted by Crippen LogP contribution is -2.37. The number of hydrogen-bond acceptors (Lipinski definition) is 2. The van der Waals surface area contributed by atoms with E-state index in [0.717, 1.165) is 18.5 Å². The molecule has 1 aliphatic rings. The number of nitrogens with one attached hydrogen (secondary N) is 1. The highest BCUT2D eigenvalue weighted by Crippen LogP contribution is 2.14.